The lowest BCUT2D eigenvalue weighted by atomic mass is 10.0. The first-order valence-electron chi connectivity index (χ1n) is 9.41. The maximum Gasteiger partial charge on any atom is 0.251 e. The van der Waals surface area contributed by atoms with Gasteiger partial charge >= 0.3 is 0 Å². The first kappa shape index (κ1) is 21.8. The van der Waals surface area contributed by atoms with Gasteiger partial charge < -0.3 is 10.1 Å². The maximum absolute atomic E-state index is 12.6. The van der Waals surface area contributed by atoms with Crippen molar-refractivity contribution < 1.29 is 17.9 Å². The molecule has 1 N–H and O–H groups in total. The van der Waals surface area contributed by atoms with Crippen molar-refractivity contribution in [3.05, 3.63) is 59.7 Å². The normalized spacial score (nSPS) is 12.3. The zero-order chi connectivity index (χ0) is 20.7. The minimum absolute atomic E-state index is 0.0309. The maximum atomic E-state index is 12.6. The van der Waals surface area contributed by atoms with Crippen molar-refractivity contribution in [2.75, 3.05) is 23.7 Å². The summed E-state index contributed by atoms with van der Waals surface area (Å²) in [5, 5.41) is 3.03. The van der Waals surface area contributed by atoms with Crippen LogP contribution in [0.2, 0.25) is 0 Å². The topological polar surface area (TPSA) is 75.7 Å². The second-order valence-electron chi connectivity index (χ2n) is 6.32. The van der Waals surface area contributed by atoms with Crippen molar-refractivity contribution >= 4 is 21.6 Å². The van der Waals surface area contributed by atoms with Crippen LogP contribution in [0.15, 0.2) is 48.5 Å². The smallest absolute Gasteiger partial charge is 0.251 e. The Kier molecular flexibility index (Phi) is 7.45. The molecule has 0 aliphatic carbocycles. The molecule has 0 aliphatic rings. The number of nitrogens with zero attached hydrogens (tertiary/aromatic N) is 1. The summed E-state index contributed by atoms with van der Waals surface area (Å²) in [4.78, 5) is 12.6. The molecule has 0 radical (unpaired) electrons. The largest absolute Gasteiger partial charge is 0.497 e. The Bertz CT molecular complexity index is 878. The molecule has 0 spiro atoms. The van der Waals surface area contributed by atoms with Gasteiger partial charge in [0.2, 0.25) is 10.0 Å². The Hall–Kier alpha value is -2.54. The molecule has 0 aliphatic heterocycles. The van der Waals surface area contributed by atoms with Gasteiger partial charge in [0.1, 0.15) is 5.75 Å². The number of carbonyl (C=O) groups excluding carboxylic acids is 1. The number of amides is 1. The number of hydrogen-bond acceptors (Lipinski definition) is 4. The Morgan fingerprint density at radius 2 is 1.64 bits per heavy atom. The summed E-state index contributed by atoms with van der Waals surface area (Å²) in [7, 11) is -1.72. The van der Waals surface area contributed by atoms with Crippen molar-refractivity contribution in [2.24, 2.45) is 0 Å². The fourth-order valence-electron chi connectivity index (χ4n) is 2.97. The molecular formula is C21H28N2O4S. The lowest BCUT2D eigenvalue weighted by Gasteiger charge is -2.22. The van der Waals surface area contributed by atoms with Gasteiger partial charge in [-0.3, -0.25) is 9.10 Å². The summed E-state index contributed by atoms with van der Waals surface area (Å²) in [6.45, 7) is 5.75. The van der Waals surface area contributed by atoms with Crippen LogP contribution in [0.25, 0.3) is 0 Å². The first-order valence-corrected chi connectivity index (χ1v) is 11.0. The minimum Gasteiger partial charge on any atom is -0.497 e. The Labute approximate surface area is 167 Å². The van der Waals surface area contributed by atoms with Gasteiger partial charge in [-0.25, -0.2) is 8.42 Å². The molecule has 2 rings (SSSR count). The van der Waals surface area contributed by atoms with E-state index >= 15 is 0 Å². The first-order chi connectivity index (χ1) is 13.4. The van der Waals surface area contributed by atoms with Gasteiger partial charge in [0.05, 0.1) is 24.6 Å². The molecule has 7 heteroatoms. The van der Waals surface area contributed by atoms with Crippen LogP contribution in [0.4, 0.5) is 5.69 Å². The number of sulfonamides is 1. The second-order valence-corrected chi connectivity index (χ2v) is 8.50. The Morgan fingerprint density at radius 3 is 2.11 bits per heavy atom. The summed E-state index contributed by atoms with van der Waals surface area (Å²) in [5.74, 6) is 0.599. The molecule has 28 heavy (non-hydrogen) atoms. The van der Waals surface area contributed by atoms with Crippen LogP contribution in [0.1, 0.15) is 49.2 Å². The molecule has 0 aromatic heterocycles. The zero-order valence-corrected chi connectivity index (χ0v) is 17.6. The second kappa shape index (κ2) is 9.59. The highest BCUT2D eigenvalue weighted by molar-refractivity contribution is 7.92. The van der Waals surface area contributed by atoms with E-state index in [0.717, 1.165) is 17.7 Å². The van der Waals surface area contributed by atoms with Crippen molar-refractivity contribution in [1.29, 1.82) is 0 Å². The van der Waals surface area contributed by atoms with E-state index in [1.807, 2.05) is 31.2 Å². The molecule has 0 fully saturated rings. The molecule has 2 aromatic rings. The molecule has 1 atom stereocenters. The van der Waals surface area contributed by atoms with Crippen LogP contribution in [-0.2, 0) is 10.0 Å². The molecule has 1 amide bonds. The number of anilines is 1. The van der Waals surface area contributed by atoms with E-state index in [1.165, 1.54) is 4.31 Å². The predicted octanol–water partition coefficient (Wildman–Crippen LogP) is 3.75. The standard InChI is InChI=1S/C21H28N2O4S/c1-5-20(16-10-14-19(27-4)15-11-16)22-21(24)17-8-12-18(13-9-17)23(6-2)28(25,26)7-3/h8-15,20H,5-7H2,1-4H3,(H,22,24)/t20-/m1/s1. The molecule has 6 nitrogen and oxygen atoms in total. The molecule has 0 unspecified atom stereocenters. The van der Waals surface area contributed by atoms with Gasteiger partial charge in [0.25, 0.3) is 5.91 Å². The van der Waals surface area contributed by atoms with Crippen molar-refractivity contribution in [3.63, 3.8) is 0 Å². The summed E-state index contributed by atoms with van der Waals surface area (Å²) >= 11 is 0. The number of hydrogen-bond donors (Lipinski definition) is 1. The average molecular weight is 405 g/mol. The fourth-order valence-corrected chi connectivity index (χ4v) is 4.12. The van der Waals surface area contributed by atoms with Gasteiger partial charge in [-0.2, -0.15) is 0 Å². The number of benzene rings is 2. The quantitative estimate of drug-likeness (QED) is 0.691. The van der Waals surface area contributed by atoms with E-state index < -0.39 is 10.0 Å². The van der Waals surface area contributed by atoms with Gasteiger partial charge in [-0.05, 0) is 62.2 Å². The van der Waals surface area contributed by atoms with E-state index in [0.29, 0.717) is 17.8 Å². The zero-order valence-electron chi connectivity index (χ0n) is 16.8. The molecule has 152 valence electrons. The SMILES string of the molecule is CC[C@@H](NC(=O)c1ccc(N(CC)S(=O)(=O)CC)cc1)c1ccc(OC)cc1. The highest BCUT2D eigenvalue weighted by atomic mass is 32.2. The molecule has 0 saturated carbocycles. The lowest BCUT2D eigenvalue weighted by molar-refractivity contribution is 0.0935. The highest BCUT2D eigenvalue weighted by Crippen LogP contribution is 2.22. The molecular weight excluding hydrogens is 376 g/mol. The van der Waals surface area contributed by atoms with Crippen LogP contribution >= 0.6 is 0 Å². The van der Waals surface area contributed by atoms with Crippen LogP contribution in [-0.4, -0.2) is 33.7 Å². The van der Waals surface area contributed by atoms with Gasteiger partial charge in [0, 0.05) is 12.1 Å². The molecule has 0 bridgehead atoms. The van der Waals surface area contributed by atoms with Gasteiger partial charge in [0.15, 0.2) is 0 Å². The number of nitrogens with one attached hydrogen (secondary N) is 1. The number of ether oxygens (including phenoxy) is 1. The third-order valence-electron chi connectivity index (χ3n) is 4.64. The van der Waals surface area contributed by atoms with Crippen molar-refractivity contribution in [2.45, 2.75) is 33.2 Å². The molecule has 0 saturated heterocycles. The van der Waals surface area contributed by atoms with Crippen LogP contribution in [0.3, 0.4) is 0 Å². The van der Waals surface area contributed by atoms with Crippen LogP contribution < -0.4 is 14.4 Å². The Balaban J connectivity index is 2.15. The van der Waals surface area contributed by atoms with Gasteiger partial charge in [-0.15, -0.1) is 0 Å². The van der Waals surface area contributed by atoms with E-state index in [4.69, 9.17) is 4.74 Å². The summed E-state index contributed by atoms with van der Waals surface area (Å²) < 4.78 is 30.9. The minimum atomic E-state index is -3.34. The summed E-state index contributed by atoms with van der Waals surface area (Å²) in [6.07, 6.45) is 0.745. The van der Waals surface area contributed by atoms with E-state index in [9.17, 15) is 13.2 Å². The predicted molar refractivity (Wildman–Crippen MR) is 112 cm³/mol. The van der Waals surface area contributed by atoms with Crippen LogP contribution in [0.5, 0.6) is 5.75 Å². The van der Waals surface area contributed by atoms with E-state index in [2.05, 4.69) is 5.32 Å². The third kappa shape index (κ3) is 5.04. The lowest BCUT2D eigenvalue weighted by Crippen LogP contribution is -2.32. The molecule has 2 aromatic carbocycles. The van der Waals surface area contributed by atoms with Gasteiger partial charge in [-0.1, -0.05) is 19.1 Å². The van der Waals surface area contributed by atoms with E-state index in [1.54, 1.807) is 45.2 Å². The highest BCUT2D eigenvalue weighted by Gasteiger charge is 2.19. The average Bonchev–Trinajstić information content (AvgIpc) is 2.72. The number of methoxy groups -OCH3 is 1. The third-order valence-corrected chi connectivity index (χ3v) is 6.51. The summed E-state index contributed by atoms with van der Waals surface area (Å²) in [6, 6.07) is 14.1. The number of carbonyl (C=O) groups is 1. The summed E-state index contributed by atoms with van der Waals surface area (Å²) in [5.41, 5.74) is 2.04. The van der Waals surface area contributed by atoms with Crippen molar-refractivity contribution in [3.8, 4) is 5.75 Å². The molecule has 0 heterocycles. The van der Waals surface area contributed by atoms with Crippen LogP contribution in [0, 0.1) is 0 Å². The van der Waals surface area contributed by atoms with E-state index in [-0.39, 0.29) is 17.7 Å². The monoisotopic (exact) mass is 404 g/mol. The fraction of sp³-hybridized carbons (Fsp3) is 0.381. The van der Waals surface area contributed by atoms with Crippen molar-refractivity contribution in [1.82, 2.24) is 5.32 Å². The number of rotatable bonds is 9. The Morgan fingerprint density at radius 1 is 1.04 bits per heavy atom.